The van der Waals surface area contributed by atoms with Crippen molar-refractivity contribution in [3.63, 3.8) is 0 Å². The van der Waals surface area contributed by atoms with Gasteiger partial charge in [-0.1, -0.05) is 0 Å². The average molecular weight is 383 g/mol. The standard InChI is InChI=1S/C18H21N7OS/c1-12-21-15(11-27-12)7-17(26)22-14-4-6-25(10-14)18-19-5-3-16(23-18)13-8-20-24(2)9-13/h3,5,8-9,11,14H,4,6-7,10H2,1-2H3,(H,22,26). The first-order valence-corrected chi connectivity index (χ1v) is 9.72. The molecule has 27 heavy (non-hydrogen) atoms. The summed E-state index contributed by atoms with van der Waals surface area (Å²) in [4.78, 5) is 27.8. The van der Waals surface area contributed by atoms with Crippen LogP contribution in [0.5, 0.6) is 0 Å². The number of nitrogens with one attached hydrogen (secondary N) is 1. The second-order valence-corrected chi connectivity index (χ2v) is 7.74. The molecule has 0 aromatic carbocycles. The molecule has 1 fully saturated rings. The van der Waals surface area contributed by atoms with Crippen LogP contribution >= 0.6 is 11.3 Å². The Morgan fingerprint density at radius 2 is 2.30 bits per heavy atom. The summed E-state index contributed by atoms with van der Waals surface area (Å²) in [5, 5.41) is 10.2. The van der Waals surface area contributed by atoms with E-state index >= 15 is 0 Å². The lowest BCUT2D eigenvalue weighted by Gasteiger charge is -2.17. The summed E-state index contributed by atoms with van der Waals surface area (Å²) in [5.41, 5.74) is 2.64. The quantitative estimate of drug-likeness (QED) is 0.720. The summed E-state index contributed by atoms with van der Waals surface area (Å²) in [6.07, 6.45) is 6.69. The lowest BCUT2D eigenvalue weighted by atomic mass is 10.2. The fourth-order valence-corrected chi connectivity index (χ4v) is 3.82. The number of amides is 1. The molecule has 1 atom stereocenters. The van der Waals surface area contributed by atoms with Crippen molar-refractivity contribution in [1.82, 2.24) is 30.0 Å². The summed E-state index contributed by atoms with van der Waals surface area (Å²) < 4.78 is 1.75. The van der Waals surface area contributed by atoms with Gasteiger partial charge < -0.3 is 10.2 Å². The molecular weight excluding hydrogens is 362 g/mol. The van der Waals surface area contributed by atoms with Crippen LogP contribution in [0, 0.1) is 6.92 Å². The van der Waals surface area contributed by atoms with Crippen molar-refractivity contribution in [3.05, 3.63) is 40.7 Å². The molecule has 0 radical (unpaired) electrons. The molecule has 0 bridgehead atoms. The second kappa shape index (κ2) is 7.43. The Balaban J connectivity index is 1.37. The van der Waals surface area contributed by atoms with E-state index in [9.17, 15) is 4.79 Å². The van der Waals surface area contributed by atoms with Gasteiger partial charge in [0.25, 0.3) is 0 Å². The molecule has 1 saturated heterocycles. The predicted octanol–water partition coefficient (Wildman–Crippen LogP) is 1.58. The summed E-state index contributed by atoms with van der Waals surface area (Å²) >= 11 is 1.57. The number of carbonyl (C=O) groups is 1. The molecular formula is C18H21N7OS. The van der Waals surface area contributed by atoms with E-state index in [1.807, 2.05) is 31.6 Å². The van der Waals surface area contributed by atoms with Gasteiger partial charge in [0, 0.05) is 49.5 Å². The van der Waals surface area contributed by atoms with Gasteiger partial charge in [-0.25, -0.2) is 15.0 Å². The number of thiazole rings is 1. The zero-order valence-corrected chi connectivity index (χ0v) is 16.1. The van der Waals surface area contributed by atoms with E-state index in [1.165, 1.54) is 0 Å². The van der Waals surface area contributed by atoms with Crippen LogP contribution in [0.2, 0.25) is 0 Å². The molecule has 140 valence electrons. The number of hydrogen-bond acceptors (Lipinski definition) is 7. The molecule has 1 aliphatic rings. The summed E-state index contributed by atoms with van der Waals surface area (Å²) in [6, 6.07) is 1.98. The molecule has 9 heteroatoms. The van der Waals surface area contributed by atoms with Crippen molar-refractivity contribution in [3.8, 4) is 11.3 Å². The largest absolute Gasteiger partial charge is 0.351 e. The van der Waals surface area contributed by atoms with Crippen LogP contribution in [0.3, 0.4) is 0 Å². The first-order chi connectivity index (χ1) is 13.1. The molecule has 1 N–H and O–H groups in total. The van der Waals surface area contributed by atoms with E-state index in [0.29, 0.717) is 18.9 Å². The van der Waals surface area contributed by atoms with Gasteiger partial charge in [0.05, 0.1) is 29.0 Å². The van der Waals surface area contributed by atoms with E-state index in [0.717, 1.165) is 34.9 Å². The number of nitrogens with zero attached hydrogens (tertiary/aromatic N) is 6. The third-order valence-corrected chi connectivity index (χ3v) is 5.31. The van der Waals surface area contributed by atoms with Gasteiger partial charge in [-0.2, -0.15) is 5.10 Å². The van der Waals surface area contributed by atoms with Gasteiger partial charge in [-0.05, 0) is 19.4 Å². The minimum absolute atomic E-state index is 0.0113. The highest BCUT2D eigenvalue weighted by Crippen LogP contribution is 2.21. The van der Waals surface area contributed by atoms with Gasteiger partial charge in [-0.3, -0.25) is 9.48 Å². The van der Waals surface area contributed by atoms with Gasteiger partial charge >= 0.3 is 0 Å². The van der Waals surface area contributed by atoms with Gasteiger partial charge in [0.15, 0.2) is 0 Å². The molecule has 4 heterocycles. The van der Waals surface area contributed by atoms with Crippen LogP contribution in [0.1, 0.15) is 17.1 Å². The fraction of sp³-hybridized carbons (Fsp3) is 0.389. The highest BCUT2D eigenvalue weighted by Gasteiger charge is 2.26. The minimum atomic E-state index is 0.0113. The fourth-order valence-electron chi connectivity index (χ4n) is 3.21. The third kappa shape index (κ3) is 4.13. The van der Waals surface area contributed by atoms with Crippen LogP contribution in [-0.2, 0) is 18.3 Å². The van der Waals surface area contributed by atoms with Gasteiger partial charge in [0.1, 0.15) is 0 Å². The number of anilines is 1. The summed E-state index contributed by atoms with van der Waals surface area (Å²) in [5.74, 6) is 0.695. The smallest absolute Gasteiger partial charge is 0.226 e. The zero-order valence-electron chi connectivity index (χ0n) is 15.3. The normalized spacial score (nSPS) is 16.7. The number of carbonyl (C=O) groups excluding carboxylic acids is 1. The number of rotatable bonds is 5. The first-order valence-electron chi connectivity index (χ1n) is 8.84. The van der Waals surface area contributed by atoms with Crippen LogP contribution in [0.25, 0.3) is 11.3 Å². The van der Waals surface area contributed by atoms with Crippen molar-refractivity contribution in [2.45, 2.75) is 25.8 Å². The lowest BCUT2D eigenvalue weighted by molar-refractivity contribution is -0.121. The van der Waals surface area contributed by atoms with E-state index in [1.54, 1.807) is 28.4 Å². The first kappa shape index (κ1) is 17.6. The topological polar surface area (TPSA) is 88.8 Å². The van der Waals surface area contributed by atoms with Crippen molar-refractivity contribution in [2.75, 3.05) is 18.0 Å². The Morgan fingerprint density at radius 3 is 3.04 bits per heavy atom. The van der Waals surface area contributed by atoms with Crippen molar-refractivity contribution < 1.29 is 4.79 Å². The number of hydrogen-bond donors (Lipinski definition) is 1. The SMILES string of the molecule is Cc1nc(CC(=O)NC2CCN(c3nccc(-c4cnn(C)c4)n3)C2)cs1. The molecule has 0 aliphatic carbocycles. The number of aromatic nitrogens is 5. The maximum atomic E-state index is 12.3. The van der Waals surface area contributed by atoms with Crippen molar-refractivity contribution in [1.29, 1.82) is 0 Å². The molecule has 0 saturated carbocycles. The molecule has 3 aromatic rings. The minimum Gasteiger partial charge on any atom is -0.351 e. The van der Waals surface area contributed by atoms with E-state index < -0.39 is 0 Å². The highest BCUT2D eigenvalue weighted by atomic mass is 32.1. The average Bonchev–Trinajstić information content (AvgIpc) is 3.37. The van der Waals surface area contributed by atoms with E-state index in [4.69, 9.17) is 0 Å². The molecule has 1 unspecified atom stereocenters. The van der Waals surface area contributed by atoms with Gasteiger partial charge in [-0.15, -0.1) is 11.3 Å². The maximum Gasteiger partial charge on any atom is 0.226 e. The molecule has 1 amide bonds. The Morgan fingerprint density at radius 1 is 1.41 bits per heavy atom. The Kier molecular flexibility index (Phi) is 4.85. The monoisotopic (exact) mass is 383 g/mol. The maximum absolute atomic E-state index is 12.3. The van der Waals surface area contributed by atoms with Gasteiger partial charge in [0.2, 0.25) is 11.9 Å². The lowest BCUT2D eigenvalue weighted by Crippen LogP contribution is -2.38. The Labute approximate surface area is 161 Å². The van der Waals surface area contributed by atoms with Crippen LogP contribution in [0.4, 0.5) is 5.95 Å². The summed E-state index contributed by atoms with van der Waals surface area (Å²) in [6.45, 7) is 3.47. The van der Waals surface area contributed by atoms with E-state index in [2.05, 4.69) is 30.3 Å². The zero-order chi connectivity index (χ0) is 18.8. The van der Waals surface area contributed by atoms with Crippen molar-refractivity contribution >= 4 is 23.2 Å². The number of aryl methyl sites for hydroxylation is 2. The molecule has 3 aromatic heterocycles. The molecule has 8 nitrogen and oxygen atoms in total. The van der Waals surface area contributed by atoms with E-state index in [-0.39, 0.29) is 11.9 Å². The predicted molar refractivity (Wildman–Crippen MR) is 104 cm³/mol. The highest BCUT2D eigenvalue weighted by molar-refractivity contribution is 7.09. The second-order valence-electron chi connectivity index (χ2n) is 6.68. The van der Waals surface area contributed by atoms with Crippen LogP contribution in [0.15, 0.2) is 30.0 Å². The molecule has 0 spiro atoms. The Hall–Kier alpha value is -2.81. The summed E-state index contributed by atoms with van der Waals surface area (Å²) in [7, 11) is 1.88. The third-order valence-electron chi connectivity index (χ3n) is 4.49. The Bertz CT molecular complexity index is 951. The van der Waals surface area contributed by atoms with Crippen LogP contribution in [-0.4, -0.2) is 49.8 Å². The van der Waals surface area contributed by atoms with Crippen molar-refractivity contribution in [2.24, 2.45) is 7.05 Å². The van der Waals surface area contributed by atoms with Crippen LogP contribution < -0.4 is 10.2 Å². The molecule has 4 rings (SSSR count). The molecule has 1 aliphatic heterocycles.